The maximum Gasteiger partial charge on any atom is 0.338 e. The molecule has 1 aliphatic heterocycles. The Bertz CT molecular complexity index is 685. The Labute approximate surface area is 161 Å². The highest BCUT2D eigenvalue weighted by Gasteiger charge is 2.33. The smallest absolute Gasteiger partial charge is 0.338 e. The third kappa shape index (κ3) is 5.19. The van der Waals surface area contributed by atoms with Crippen LogP contribution in [0.15, 0.2) is 47.6 Å². The van der Waals surface area contributed by atoms with E-state index in [1.54, 1.807) is 12.2 Å². The molecule has 148 valence electrons. The first-order chi connectivity index (χ1) is 12.8. The Balaban J connectivity index is 2.13. The van der Waals surface area contributed by atoms with Crippen LogP contribution in [-0.4, -0.2) is 32.4 Å². The van der Waals surface area contributed by atoms with Gasteiger partial charge in [0, 0.05) is 12.7 Å². The van der Waals surface area contributed by atoms with E-state index in [0.29, 0.717) is 23.5 Å². The summed E-state index contributed by atoms with van der Waals surface area (Å²) in [5.41, 5.74) is 2.05. The van der Waals surface area contributed by atoms with Crippen molar-refractivity contribution in [1.29, 1.82) is 0 Å². The van der Waals surface area contributed by atoms with Gasteiger partial charge in [-0.2, -0.15) is 0 Å². The van der Waals surface area contributed by atoms with Crippen LogP contribution in [0.2, 0.25) is 0 Å². The lowest BCUT2D eigenvalue weighted by molar-refractivity contribution is -0.155. The molecule has 5 heteroatoms. The Hall–Kier alpha value is -2.14. The molecule has 0 saturated heterocycles. The van der Waals surface area contributed by atoms with Crippen molar-refractivity contribution in [3.8, 4) is 0 Å². The van der Waals surface area contributed by atoms with E-state index in [1.807, 2.05) is 6.08 Å². The zero-order valence-corrected chi connectivity index (χ0v) is 16.7. The summed E-state index contributed by atoms with van der Waals surface area (Å²) < 4.78 is 15.1. The molecular weight excluding hydrogens is 344 g/mol. The van der Waals surface area contributed by atoms with Gasteiger partial charge in [0.1, 0.15) is 0 Å². The number of methoxy groups -OCH3 is 2. The number of rotatable bonds is 5. The molecule has 0 unspecified atom stereocenters. The van der Waals surface area contributed by atoms with Crippen molar-refractivity contribution < 1.29 is 23.8 Å². The van der Waals surface area contributed by atoms with E-state index in [9.17, 15) is 9.59 Å². The quantitative estimate of drug-likeness (QED) is 0.673. The van der Waals surface area contributed by atoms with Crippen LogP contribution in [0.1, 0.15) is 46.0 Å². The molecule has 1 heterocycles. The van der Waals surface area contributed by atoms with Gasteiger partial charge in [0.25, 0.3) is 0 Å². The van der Waals surface area contributed by atoms with Gasteiger partial charge in [0.2, 0.25) is 6.29 Å². The molecule has 0 saturated carbocycles. The van der Waals surface area contributed by atoms with Crippen molar-refractivity contribution >= 4 is 11.9 Å². The maximum atomic E-state index is 11.9. The van der Waals surface area contributed by atoms with Crippen LogP contribution in [0, 0.1) is 11.3 Å². The van der Waals surface area contributed by atoms with Crippen molar-refractivity contribution in [2.24, 2.45) is 11.3 Å². The minimum atomic E-state index is -0.563. The number of ether oxygens (including phenoxy) is 3. The highest BCUT2D eigenvalue weighted by molar-refractivity contribution is 5.93. The second-order valence-electron chi connectivity index (χ2n) is 7.60. The molecular formula is C22H30O5. The molecule has 2 aliphatic rings. The van der Waals surface area contributed by atoms with E-state index < -0.39 is 6.29 Å². The van der Waals surface area contributed by atoms with Gasteiger partial charge in [0.05, 0.1) is 12.7 Å². The second kappa shape index (κ2) is 9.18. The molecule has 0 aromatic heterocycles. The number of esters is 2. The molecule has 0 radical (unpaired) electrons. The summed E-state index contributed by atoms with van der Waals surface area (Å²) in [6, 6.07) is 0. The van der Waals surface area contributed by atoms with Crippen molar-refractivity contribution in [1.82, 2.24) is 0 Å². The van der Waals surface area contributed by atoms with Gasteiger partial charge in [-0.25, -0.2) is 9.59 Å². The first-order valence-electron chi connectivity index (χ1n) is 9.38. The number of allylic oxidation sites excluding steroid dienone is 3. The Morgan fingerprint density at radius 1 is 1.41 bits per heavy atom. The van der Waals surface area contributed by atoms with Crippen molar-refractivity contribution in [3.63, 3.8) is 0 Å². The zero-order chi connectivity index (χ0) is 20.0. The third-order valence-corrected chi connectivity index (χ3v) is 5.86. The summed E-state index contributed by atoms with van der Waals surface area (Å²) >= 11 is 0. The first kappa shape index (κ1) is 21.2. The van der Waals surface area contributed by atoms with Gasteiger partial charge in [-0.1, -0.05) is 32.6 Å². The van der Waals surface area contributed by atoms with Crippen LogP contribution in [0.4, 0.5) is 0 Å². The second-order valence-corrected chi connectivity index (χ2v) is 7.60. The molecule has 1 aliphatic carbocycles. The summed E-state index contributed by atoms with van der Waals surface area (Å²) in [6.07, 6.45) is 11.0. The monoisotopic (exact) mass is 374 g/mol. The lowest BCUT2D eigenvalue weighted by atomic mass is 9.69. The summed E-state index contributed by atoms with van der Waals surface area (Å²) in [5, 5.41) is 0. The number of cyclic esters (lactones) is 1. The van der Waals surface area contributed by atoms with Crippen LogP contribution >= 0.6 is 0 Å². The molecule has 5 nitrogen and oxygen atoms in total. The van der Waals surface area contributed by atoms with Crippen LogP contribution in [0.5, 0.6) is 0 Å². The molecule has 0 amide bonds. The van der Waals surface area contributed by atoms with E-state index in [2.05, 4.69) is 26.5 Å². The van der Waals surface area contributed by atoms with Gasteiger partial charge in [0.15, 0.2) is 0 Å². The highest BCUT2D eigenvalue weighted by atomic mass is 16.7. The molecule has 0 aromatic carbocycles. The van der Waals surface area contributed by atoms with Gasteiger partial charge in [-0.3, -0.25) is 0 Å². The number of carbonyl (C=O) groups excluding carboxylic acids is 2. The Kier molecular flexibility index (Phi) is 7.19. The first-order valence-corrected chi connectivity index (χ1v) is 9.38. The van der Waals surface area contributed by atoms with Crippen molar-refractivity contribution in [2.45, 2.75) is 52.2 Å². The predicted molar refractivity (Wildman–Crippen MR) is 104 cm³/mol. The van der Waals surface area contributed by atoms with Gasteiger partial charge in [-0.05, 0) is 61.2 Å². The van der Waals surface area contributed by atoms with Gasteiger partial charge in [-0.15, -0.1) is 0 Å². The van der Waals surface area contributed by atoms with E-state index in [-0.39, 0.29) is 17.4 Å². The predicted octanol–water partition coefficient (Wildman–Crippen LogP) is 4.26. The fourth-order valence-electron chi connectivity index (χ4n) is 3.53. The summed E-state index contributed by atoms with van der Waals surface area (Å²) in [7, 11) is 2.91. The third-order valence-electron chi connectivity index (χ3n) is 5.86. The number of hydrogen-bond donors (Lipinski definition) is 0. The summed E-state index contributed by atoms with van der Waals surface area (Å²) in [4.78, 5) is 23.9. The van der Waals surface area contributed by atoms with Crippen molar-refractivity contribution in [2.75, 3.05) is 14.2 Å². The number of hydrogen-bond acceptors (Lipinski definition) is 5. The number of carbonyl (C=O) groups is 2. The average molecular weight is 374 g/mol. The zero-order valence-electron chi connectivity index (χ0n) is 16.7. The minimum absolute atomic E-state index is 0.0274. The molecule has 2 rings (SSSR count). The standard InChI is InChI=1S/C22H30O5/c1-15-9-10-16(2)22(3,12-7-6-8-18(15)21(24)26-5)13-11-17-14-19(25-4)27-20(17)23/h6-8,14,16,19H,1,9-13H2,2-5H3/b7-6-,18-8+/t16-,19+,22+/m1/s1. The van der Waals surface area contributed by atoms with E-state index in [4.69, 9.17) is 14.2 Å². The van der Waals surface area contributed by atoms with Gasteiger partial charge < -0.3 is 14.2 Å². The van der Waals surface area contributed by atoms with Crippen LogP contribution < -0.4 is 0 Å². The van der Waals surface area contributed by atoms with E-state index in [0.717, 1.165) is 31.3 Å². The Morgan fingerprint density at radius 3 is 2.78 bits per heavy atom. The van der Waals surface area contributed by atoms with E-state index in [1.165, 1.54) is 14.2 Å². The topological polar surface area (TPSA) is 61.8 Å². The van der Waals surface area contributed by atoms with E-state index >= 15 is 0 Å². The minimum Gasteiger partial charge on any atom is -0.465 e. The molecule has 27 heavy (non-hydrogen) atoms. The van der Waals surface area contributed by atoms with Crippen molar-refractivity contribution in [3.05, 3.63) is 47.6 Å². The van der Waals surface area contributed by atoms with Crippen LogP contribution in [0.25, 0.3) is 0 Å². The lowest BCUT2D eigenvalue weighted by Gasteiger charge is -2.36. The van der Waals surface area contributed by atoms with Crippen LogP contribution in [-0.2, 0) is 23.8 Å². The average Bonchev–Trinajstić information content (AvgIpc) is 3.03. The largest absolute Gasteiger partial charge is 0.465 e. The molecule has 0 spiro atoms. The molecule has 0 aromatic rings. The molecule has 0 fully saturated rings. The highest BCUT2D eigenvalue weighted by Crippen LogP contribution is 2.42. The molecule has 0 N–H and O–H groups in total. The lowest BCUT2D eigenvalue weighted by Crippen LogP contribution is -2.26. The Morgan fingerprint density at radius 2 is 2.15 bits per heavy atom. The fraction of sp³-hybridized carbons (Fsp3) is 0.545. The normalized spacial score (nSPS) is 32.1. The molecule has 0 bridgehead atoms. The maximum absolute atomic E-state index is 11.9. The summed E-state index contributed by atoms with van der Waals surface area (Å²) in [5.74, 6) is -0.236. The SMILES string of the molecule is C=C1CC[C@@H](C)[C@](C)(CCC2=C[C@@H](OC)OC2=O)C/C=C\C=C/1C(=O)OC. The van der Waals surface area contributed by atoms with Gasteiger partial charge >= 0.3 is 11.9 Å². The fourth-order valence-corrected chi connectivity index (χ4v) is 3.53. The summed E-state index contributed by atoms with van der Waals surface area (Å²) in [6.45, 7) is 8.55. The molecule has 3 atom stereocenters. The van der Waals surface area contributed by atoms with Crippen LogP contribution in [0.3, 0.4) is 0 Å².